The van der Waals surface area contributed by atoms with E-state index >= 15 is 0 Å². The van der Waals surface area contributed by atoms with Crippen LogP contribution in [0, 0.1) is 0 Å². The maximum Gasteiger partial charge on any atom is 0.485 e. The monoisotopic (exact) mass is 553 g/mol. The zero-order valence-electron chi connectivity index (χ0n) is 21.4. The molecule has 0 saturated heterocycles. The standard InChI is InChI=1S/C28H26N3.CHF3O3S/c1-29(2)23-18-16-21(17-19-23)10-9-14-25-24-13-7-8-15-26(24)31-28(25)20-27(30(31)3)22-11-5-4-6-12-22;2-1(3,4)8(5,6)7/h4-20H,1-3H3;(H,5,6,7)/q+1;/p-1. The van der Waals surface area contributed by atoms with Crippen LogP contribution in [0.2, 0.25) is 0 Å². The van der Waals surface area contributed by atoms with Crippen molar-refractivity contribution in [3.8, 4) is 11.3 Å². The molecule has 0 aliphatic rings. The molecule has 39 heavy (non-hydrogen) atoms. The predicted octanol–water partition coefficient (Wildman–Crippen LogP) is 4.91. The lowest BCUT2D eigenvalue weighted by molar-refractivity contribution is -0.725. The highest BCUT2D eigenvalue weighted by molar-refractivity contribution is 7.86. The Labute approximate surface area is 224 Å². The van der Waals surface area contributed by atoms with Crippen molar-refractivity contribution in [3.05, 3.63) is 102 Å². The lowest BCUT2D eigenvalue weighted by atomic mass is 10.1. The fraction of sp³-hybridized carbons (Fsp3) is 0.138. The van der Waals surface area contributed by atoms with E-state index in [0.717, 1.165) is 0 Å². The molecular formula is C29H26F3N3O3S. The molecule has 5 rings (SSSR count). The van der Waals surface area contributed by atoms with Crippen LogP contribution < -0.4 is 14.8 Å². The third-order valence-electron chi connectivity index (χ3n) is 6.16. The maximum absolute atomic E-state index is 10.7. The number of hydrogen-bond acceptors (Lipinski definition) is 4. The number of rotatable bonds is 4. The SMILES string of the molecule is CN(C)c1ccc(/C=C/C=c2/c3ccccc3n3c2cc(-c2ccccc2)[n+]3C)cc1.O=S(=O)([O-])C(F)(F)F. The summed E-state index contributed by atoms with van der Waals surface area (Å²) < 4.78 is 63.5. The second kappa shape index (κ2) is 10.9. The van der Waals surface area contributed by atoms with Crippen LogP contribution in [-0.4, -0.2) is 37.1 Å². The molecule has 3 aromatic carbocycles. The topological polar surface area (TPSA) is 68.7 Å². The van der Waals surface area contributed by atoms with Gasteiger partial charge in [0.1, 0.15) is 11.0 Å². The van der Waals surface area contributed by atoms with Crippen LogP contribution >= 0.6 is 0 Å². The summed E-state index contributed by atoms with van der Waals surface area (Å²) in [5.41, 5.74) is 1.62. The number of allylic oxidation sites excluding steroid dienone is 1. The van der Waals surface area contributed by atoms with Gasteiger partial charge >= 0.3 is 5.51 Å². The normalized spacial score (nSPS) is 12.7. The Bertz CT molecular complexity index is 1790. The Balaban J connectivity index is 0.000000386. The van der Waals surface area contributed by atoms with Crippen LogP contribution in [-0.2, 0) is 17.2 Å². The summed E-state index contributed by atoms with van der Waals surface area (Å²) in [5, 5.41) is 2.51. The minimum absolute atomic E-state index is 1.19. The maximum atomic E-state index is 10.7. The van der Waals surface area contributed by atoms with Gasteiger partial charge in [0, 0.05) is 42.0 Å². The highest BCUT2D eigenvalue weighted by atomic mass is 32.2. The summed E-state index contributed by atoms with van der Waals surface area (Å²) in [4.78, 5) is 2.11. The first kappa shape index (κ1) is 27.9. The molecule has 2 heterocycles. The van der Waals surface area contributed by atoms with Gasteiger partial charge in [0.05, 0.1) is 0 Å². The fourth-order valence-corrected chi connectivity index (χ4v) is 4.25. The first-order chi connectivity index (χ1) is 18.4. The molecule has 0 saturated carbocycles. The number of para-hydroxylation sites is 1. The van der Waals surface area contributed by atoms with E-state index in [4.69, 9.17) is 13.0 Å². The zero-order chi connectivity index (χ0) is 28.4. The Kier molecular flexibility index (Phi) is 7.80. The van der Waals surface area contributed by atoms with Crippen LogP contribution in [0.4, 0.5) is 18.9 Å². The molecule has 0 spiro atoms. The molecule has 2 aromatic heterocycles. The van der Waals surface area contributed by atoms with Gasteiger partial charge in [-0.25, -0.2) is 8.42 Å². The molecule has 0 fully saturated rings. The molecular weight excluding hydrogens is 527 g/mol. The molecule has 0 aliphatic carbocycles. The van der Waals surface area contributed by atoms with Crippen LogP contribution in [0.3, 0.4) is 0 Å². The van der Waals surface area contributed by atoms with Crippen molar-refractivity contribution in [2.45, 2.75) is 5.51 Å². The van der Waals surface area contributed by atoms with Crippen molar-refractivity contribution >= 4 is 44.4 Å². The van der Waals surface area contributed by atoms with Crippen molar-refractivity contribution in [2.24, 2.45) is 7.05 Å². The molecule has 6 nitrogen and oxygen atoms in total. The summed E-state index contributed by atoms with van der Waals surface area (Å²) in [6.07, 6.45) is 6.55. The minimum Gasteiger partial charge on any atom is -0.741 e. The van der Waals surface area contributed by atoms with E-state index in [2.05, 4.69) is 138 Å². The molecule has 10 heteroatoms. The average molecular weight is 554 g/mol. The van der Waals surface area contributed by atoms with Gasteiger partial charge in [-0.2, -0.15) is 13.2 Å². The molecule has 0 unspecified atom stereocenters. The van der Waals surface area contributed by atoms with Crippen LogP contribution in [0.15, 0.2) is 91.0 Å². The number of benzene rings is 3. The predicted molar refractivity (Wildman–Crippen MR) is 147 cm³/mol. The number of fused-ring (bicyclic) bond motifs is 3. The number of hydrogen-bond donors (Lipinski definition) is 0. The van der Waals surface area contributed by atoms with Crippen LogP contribution in [0.5, 0.6) is 0 Å². The van der Waals surface area contributed by atoms with Gasteiger partial charge < -0.3 is 9.45 Å². The highest BCUT2D eigenvalue weighted by Crippen LogP contribution is 2.22. The molecule has 0 atom stereocenters. The van der Waals surface area contributed by atoms with Crippen molar-refractivity contribution in [3.63, 3.8) is 0 Å². The Morgan fingerprint density at radius 1 is 0.897 bits per heavy atom. The van der Waals surface area contributed by atoms with Gasteiger partial charge in [0.2, 0.25) is 5.69 Å². The molecule has 0 radical (unpaired) electrons. The lowest BCUT2D eigenvalue weighted by Crippen LogP contribution is -2.36. The number of aromatic nitrogens is 2. The van der Waals surface area contributed by atoms with Gasteiger partial charge in [-0.05, 0) is 35.9 Å². The summed E-state index contributed by atoms with van der Waals surface area (Å²) in [5.74, 6) is 0. The van der Waals surface area contributed by atoms with Gasteiger partial charge in [0.15, 0.2) is 17.2 Å². The highest BCUT2D eigenvalue weighted by Gasteiger charge is 2.36. The zero-order valence-corrected chi connectivity index (χ0v) is 22.2. The van der Waals surface area contributed by atoms with E-state index in [1.807, 2.05) is 0 Å². The summed E-state index contributed by atoms with van der Waals surface area (Å²) >= 11 is 0. The summed E-state index contributed by atoms with van der Waals surface area (Å²) in [7, 11) is 0.165. The number of anilines is 1. The van der Waals surface area contributed by atoms with E-state index in [9.17, 15) is 13.2 Å². The summed E-state index contributed by atoms with van der Waals surface area (Å²) in [6.45, 7) is 0. The van der Waals surface area contributed by atoms with E-state index in [-0.39, 0.29) is 0 Å². The van der Waals surface area contributed by atoms with Crippen molar-refractivity contribution in [1.29, 1.82) is 0 Å². The molecule has 0 amide bonds. The van der Waals surface area contributed by atoms with E-state index < -0.39 is 15.6 Å². The molecule has 5 aromatic rings. The summed E-state index contributed by atoms with van der Waals surface area (Å²) in [6, 6.07) is 30.1. The largest absolute Gasteiger partial charge is 0.741 e. The van der Waals surface area contributed by atoms with Crippen molar-refractivity contribution in [1.82, 2.24) is 4.52 Å². The third kappa shape index (κ3) is 5.97. The number of nitrogens with zero attached hydrogens (tertiary/aromatic N) is 3. The Hall–Kier alpha value is -4.15. The first-order valence-corrected chi connectivity index (χ1v) is 13.2. The molecule has 0 N–H and O–H groups in total. The third-order valence-corrected chi connectivity index (χ3v) is 6.73. The lowest BCUT2D eigenvalue weighted by Gasteiger charge is -2.11. The minimum atomic E-state index is -6.09. The quantitative estimate of drug-likeness (QED) is 0.180. The number of aryl methyl sites for hydroxylation is 1. The molecule has 0 aliphatic heterocycles. The molecule has 0 bridgehead atoms. The number of alkyl halides is 3. The van der Waals surface area contributed by atoms with Gasteiger partial charge in [-0.3, -0.25) is 0 Å². The molecule has 202 valence electrons. The van der Waals surface area contributed by atoms with E-state index in [0.29, 0.717) is 0 Å². The van der Waals surface area contributed by atoms with E-state index in [1.165, 1.54) is 44.1 Å². The fourth-order valence-electron chi connectivity index (χ4n) is 4.25. The van der Waals surface area contributed by atoms with Gasteiger partial charge in [0.25, 0.3) is 0 Å². The van der Waals surface area contributed by atoms with E-state index in [1.54, 1.807) is 0 Å². The van der Waals surface area contributed by atoms with Crippen LogP contribution in [0.25, 0.3) is 39.8 Å². The second-order valence-electron chi connectivity index (χ2n) is 8.96. The Morgan fingerprint density at radius 3 is 2.08 bits per heavy atom. The van der Waals surface area contributed by atoms with Crippen molar-refractivity contribution in [2.75, 3.05) is 19.0 Å². The van der Waals surface area contributed by atoms with Crippen LogP contribution in [0.1, 0.15) is 5.56 Å². The Morgan fingerprint density at radius 2 is 1.49 bits per heavy atom. The first-order valence-electron chi connectivity index (χ1n) is 11.8. The smallest absolute Gasteiger partial charge is 0.485 e. The van der Waals surface area contributed by atoms with Gasteiger partial charge in [-0.15, -0.1) is 9.20 Å². The number of halogens is 3. The van der Waals surface area contributed by atoms with Crippen molar-refractivity contribution < 1.29 is 30.8 Å². The second-order valence-corrected chi connectivity index (χ2v) is 10.3. The van der Waals surface area contributed by atoms with Gasteiger partial charge in [-0.1, -0.05) is 66.8 Å². The average Bonchev–Trinajstić information content (AvgIpc) is 3.39.